The van der Waals surface area contributed by atoms with Gasteiger partial charge in [0.15, 0.2) is 0 Å². The van der Waals surface area contributed by atoms with E-state index in [2.05, 4.69) is 70.4 Å². The molecule has 2 rings (SSSR count). The molecule has 1 unspecified atom stereocenters. The molecule has 0 saturated carbocycles. The summed E-state index contributed by atoms with van der Waals surface area (Å²) in [5.41, 5.74) is 2.26. The third-order valence-electron chi connectivity index (χ3n) is 6.65. The third kappa shape index (κ3) is 5.49. The number of hydrogen-bond donors (Lipinski definition) is 2. The summed E-state index contributed by atoms with van der Waals surface area (Å²) in [5, 5.41) is 20.5. The zero-order valence-corrected chi connectivity index (χ0v) is 19.3. The van der Waals surface area contributed by atoms with Crippen molar-refractivity contribution in [1.82, 2.24) is 9.80 Å². The molecular weight excluding hydrogens is 348 g/mol. The van der Waals surface area contributed by atoms with Crippen molar-refractivity contribution in [3.05, 3.63) is 29.3 Å². The molecule has 1 aliphatic rings. The molecule has 1 aromatic carbocycles. The molecule has 0 aromatic heterocycles. The van der Waals surface area contributed by atoms with Gasteiger partial charge in [0.05, 0.1) is 0 Å². The minimum Gasteiger partial charge on any atom is -0.508 e. The summed E-state index contributed by atoms with van der Waals surface area (Å²) < 4.78 is 0. The highest BCUT2D eigenvalue weighted by molar-refractivity contribution is 5.43. The van der Waals surface area contributed by atoms with Gasteiger partial charge in [0.1, 0.15) is 12.0 Å². The van der Waals surface area contributed by atoms with Crippen LogP contribution in [0.25, 0.3) is 0 Å². The van der Waals surface area contributed by atoms with Gasteiger partial charge in [-0.1, -0.05) is 46.8 Å². The number of aromatic hydroxyl groups is 1. The molecule has 0 bridgehead atoms. The molecule has 0 radical (unpaired) electrons. The van der Waals surface area contributed by atoms with E-state index in [-0.39, 0.29) is 22.6 Å². The van der Waals surface area contributed by atoms with Crippen molar-refractivity contribution in [3.8, 4) is 5.75 Å². The first-order chi connectivity index (χ1) is 12.7. The Morgan fingerprint density at radius 3 is 1.96 bits per heavy atom. The van der Waals surface area contributed by atoms with Crippen LogP contribution >= 0.6 is 0 Å². The Kier molecular flexibility index (Phi) is 6.90. The minimum absolute atomic E-state index is 0.0381. The Labute approximate surface area is 172 Å². The van der Waals surface area contributed by atoms with Crippen LogP contribution in [0.5, 0.6) is 5.75 Å². The molecule has 1 fully saturated rings. The van der Waals surface area contributed by atoms with E-state index in [9.17, 15) is 10.2 Å². The summed E-state index contributed by atoms with van der Waals surface area (Å²) in [4.78, 5) is 4.68. The van der Waals surface area contributed by atoms with Crippen LogP contribution in [-0.2, 0) is 10.8 Å². The SMILES string of the molecule is CC(O)N1CCN(C(C)(C)CCC(C)(C)c2ccc(C(C)(C)C)cc2O)CC1. The lowest BCUT2D eigenvalue weighted by atomic mass is 9.75. The van der Waals surface area contributed by atoms with Crippen molar-refractivity contribution in [2.45, 2.75) is 90.8 Å². The maximum absolute atomic E-state index is 10.7. The van der Waals surface area contributed by atoms with E-state index in [1.165, 1.54) is 5.56 Å². The maximum Gasteiger partial charge on any atom is 0.119 e. The zero-order valence-electron chi connectivity index (χ0n) is 19.3. The average molecular weight is 391 g/mol. The van der Waals surface area contributed by atoms with Gasteiger partial charge in [-0.2, -0.15) is 0 Å². The van der Waals surface area contributed by atoms with Crippen molar-refractivity contribution < 1.29 is 10.2 Å². The van der Waals surface area contributed by atoms with Gasteiger partial charge in [0, 0.05) is 31.7 Å². The largest absolute Gasteiger partial charge is 0.508 e. The molecule has 0 spiro atoms. The van der Waals surface area contributed by atoms with E-state index in [1.807, 2.05) is 13.0 Å². The van der Waals surface area contributed by atoms with Crippen LogP contribution in [0.15, 0.2) is 18.2 Å². The summed E-state index contributed by atoms with van der Waals surface area (Å²) in [5.74, 6) is 0.417. The highest BCUT2D eigenvalue weighted by Gasteiger charge is 2.34. The fourth-order valence-corrected chi connectivity index (χ4v) is 4.18. The quantitative estimate of drug-likeness (QED) is 0.752. The highest BCUT2D eigenvalue weighted by atomic mass is 16.3. The van der Waals surface area contributed by atoms with Crippen LogP contribution in [0.1, 0.15) is 79.4 Å². The highest BCUT2D eigenvalue weighted by Crippen LogP contribution is 2.39. The molecule has 1 saturated heterocycles. The number of aliphatic hydroxyl groups excluding tert-OH is 1. The molecule has 28 heavy (non-hydrogen) atoms. The second-order valence-corrected chi connectivity index (χ2v) is 10.8. The van der Waals surface area contributed by atoms with Gasteiger partial charge in [-0.05, 0) is 61.6 Å². The number of phenols is 1. The number of hydrogen-bond acceptors (Lipinski definition) is 4. The number of benzene rings is 1. The third-order valence-corrected chi connectivity index (χ3v) is 6.65. The second-order valence-electron chi connectivity index (χ2n) is 10.8. The first kappa shape index (κ1) is 23.2. The van der Waals surface area contributed by atoms with Gasteiger partial charge in [-0.15, -0.1) is 0 Å². The van der Waals surface area contributed by atoms with Gasteiger partial charge in [-0.3, -0.25) is 9.80 Å². The van der Waals surface area contributed by atoms with Crippen molar-refractivity contribution in [3.63, 3.8) is 0 Å². The van der Waals surface area contributed by atoms with Crippen LogP contribution in [0.4, 0.5) is 0 Å². The Bertz CT molecular complexity index is 651. The van der Waals surface area contributed by atoms with Crippen molar-refractivity contribution in [1.29, 1.82) is 0 Å². The van der Waals surface area contributed by atoms with E-state index in [1.54, 1.807) is 0 Å². The van der Waals surface area contributed by atoms with Crippen LogP contribution in [-0.4, -0.2) is 58.0 Å². The van der Waals surface area contributed by atoms with E-state index in [0.717, 1.165) is 44.6 Å². The van der Waals surface area contributed by atoms with Gasteiger partial charge in [0.25, 0.3) is 0 Å². The lowest BCUT2D eigenvalue weighted by Gasteiger charge is -2.46. The Balaban J connectivity index is 2.04. The van der Waals surface area contributed by atoms with Crippen LogP contribution in [0, 0.1) is 0 Å². The molecule has 0 amide bonds. The van der Waals surface area contributed by atoms with E-state index in [4.69, 9.17) is 0 Å². The maximum atomic E-state index is 10.7. The standard InChI is InChI=1S/C24H42N2O2/c1-18(27)25-13-15-26(16-14-25)24(7,8)12-11-23(5,6)20-10-9-19(17-21(20)28)22(2,3)4/h9-10,17-18,27-28H,11-16H2,1-8H3. The predicted molar refractivity (Wildman–Crippen MR) is 118 cm³/mol. The monoisotopic (exact) mass is 390 g/mol. The molecular formula is C24H42N2O2. The van der Waals surface area contributed by atoms with Crippen molar-refractivity contribution in [2.75, 3.05) is 26.2 Å². The molecule has 0 aliphatic carbocycles. The molecule has 160 valence electrons. The fraction of sp³-hybridized carbons (Fsp3) is 0.750. The van der Waals surface area contributed by atoms with Gasteiger partial charge >= 0.3 is 0 Å². The minimum atomic E-state index is -0.358. The van der Waals surface area contributed by atoms with Crippen LogP contribution in [0.2, 0.25) is 0 Å². The molecule has 1 heterocycles. The molecule has 4 nitrogen and oxygen atoms in total. The predicted octanol–water partition coefficient (Wildman–Crippen LogP) is 4.48. The number of rotatable bonds is 6. The molecule has 4 heteroatoms. The fourth-order valence-electron chi connectivity index (χ4n) is 4.18. The molecule has 1 aromatic rings. The Morgan fingerprint density at radius 2 is 1.50 bits per heavy atom. The zero-order chi connectivity index (χ0) is 21.3. The van der Waals surface area contributed by atoms with Crippen LogP contribution < -0.4 is 0 Å². The van der Waals surface area contributed by atoms with Crippen molar-refractivity contribution in [2.24, 2.45) is 0 Å². The van der Waals surface area contributed by atoms with E-state index in [0.29, 0.717) is 5.75 Å². The molecule has 2 N–H and O–H groups in total. The molecule has 1 aliphatic heterocycles. The number of piperazine rings is 1. The van der Waals surface area contributed by atoms with Gasteiger partial charge < -0.3 is 10.2 Å². The normalized spacial score (nSPS) is 19.0. The summed E-state index contributed by atoms with van der Waals surface area (Å²) in [6.07, 6.45) is 1.72. The second kappa shape index (κ2) is 8.33. The summed E-state index contributed by atoms with van der Waals surface area (Å²) >= 11 is 0. The van der Waals surface area contributed by atoms with Gasteiger partial charge in [0.2, 0.25) is 0 Å². The summed E-state index contributed by atoms with van der Waals surface area (Å²) in [7, 11) is 0. The Morgan fingerprint density at radius 1 is 0.929 bits per heavy atom. The average Bonchev–Trinajstić information content (AvgIpc) is 2.59. The summed E-state index contributed by atoms with van der Waals surface area (Å²) in [6.45, 7) is 21.3. The van der Waals surface area contributed by atoms with Gasteiger partial charge in [-0.25, -0.2) is 0 Å². The lowest BCUT2D eigenvalue weighted by molar-refractivity contribution is -0.0360. The first-order valence-electron chi connectivity index (χ1n) is 10.8. The Hall–Kier alpha value is -1.10. The smallest absolute Gasteiger partial charge is 0.119 e. The van der Waals surface area contributed by atoms with E-state index >= 15 is 0 Å². The lowest BCUT2D eigenvalue weighted by Crippen LogP contribution is -2.56. The van der Waals surface area contributed by atoms with E-state index < -0.39 is 0 Å². The number of nitrogens with zero attached hydrogens (tertiary/aromatic N) is 2. The number of phenolic OH excluding ortho intramolecular Hbond substituents is 1. The first-order valence-corrected chi connectivity index (χ1v) is 10.8. The number of aliphatic hydroxyl groups is 1. The molecule has 1 atom stereocenters. The summed E-state index contributed by atoms with van der Waals surface area (Å²) in [6, 6.07) is 6.22. The van der Waals surface area contributed by atoms with Crippen LogP contribution in [0.3, 0.4) is 0 Å². The topological polar surface area (TPSA) is 46.9 Å². The van der Waals surface area contributed by atoms with Crippen molar-refractivity contribution >= 4 is 0 Å².